The molecule has 0 spiro atoms. The molecular weight excluding hydrogens is 312 g/mol. The molecule has 0 aromatic carbocycles. The first-order valence-electron chi connectivity index (χ1n) is 8.54. The maximum Gasteiger partial charge on any atom is 0.211 e. The fourth-order valence-electron chi connectivity index (χ4n) is 1.98. The molecule has 0 atom stereocenters. The molecule has 0 aromatic rings. The van der Waals surface area contributed by atoms with E-state index in [4.69, 9.17) is 0 Å². The zero-order chi connectivity index (χ0) is 17.6. The van der Waals surface area contributed by atoms with Crippen LogP contribution in [0.25, 0.3) is 0 Å². The van der Waals surface area contributed by atoms with Crippen molar-refractivity contribution in [2.45, 2.75) is 46.0 Å². The molecule has 0 bridgehead atoms. The highest BCUT2D eigenvalue weighted by atomic mass is 32.2. The van der Waals surface area contributed by atoms with E-state index in [1.807, 2.05) is 20.0 Å². The monoisotopic (exact) mass is 346 g/mol. The standard InChI is InChI=1S/C16H34N4O2S/c1-5-8-9-10-11-15-20(4)16(17-6-2)18-13-12-14-19-23(21,22)7-3/h5,19H,1,6-15H2,2-4H3,(H,17,18). The Morgan fingerprint density at radius 3 is 2.57 bits per heavy atom. The van der Waals surface area contributed by atoms with E-state index in [1.165, 1.54) is 12.8 Å². The number of rotatable bonds is 13. The summed E-state index contributed by atoms with van der Waals surface area (Å²) in [6.45, 7) is 10.2. The predicted octanol–water partition coefficient (Wildman–Crippen LogP) is 1.96. The molecule has 0 aliphatic heterocycles. The van der Waals surface area contributed by atoms with E-state index in [-0.39, 0.29) is 5.75 Å². The van der Waals surface area contributed by atoms with Crippen LogP contribution in [-0.2, 0) is 10.0 Å². The summed E-state index contributed by atoms with van der Waals surface area (Å²) in [5.74, 6) is 1.00. The number of allylic oxidation sites excluding steroid dienone is 1. The molecule has 6 nitrogen and oxygen atoms in total. The van der Waals surface area contributed by atoms with Crippen molar-refractivity contribution in [3.05, 3.63) is 12.7 Å². The zero-order valence-electron chi connectivity index (χ0n) is 15.0. The van der Waals surface area contributed by atoms with Crippen molar-refractivity contribution in [2.75, 3.05) is 39.0 Å². The second kappa shape index (κ2) is 13.4. The molecule has 0 unspecified atom stereocenters. The molecule has 0 aliphatic rings. The number of aliphatic imine (C=N–C) groups is 1. The van der Waals surface area contributed by atoms with Crippen molar-refractivity contribution in [3.63, 3.8) is 0 Å². The number of nitrogens with zero attached hydrogens (tertiary/aromatic N) is 2. The van der Waals surface area contributed by atoms with Gasteiger partial charge in [-0.05, 0) is 39.5 Å². The Bertz CT molecular complexity index is 435. The number of sulfonamides is 1. The van der Waals surface area contributed by atoms with Crippen LogP contribution in [0.15, 0.2) is 17.6 Å². The van der Waals surface area contributed by atoms with Gasteiger partial charge in [-0.2, -0.15) is 0 Å². The van der Waals surface area contributed by atoms with Crippen LogP contribution < -0.4 is 10.0 Å². The van der Waals surface area contributed by atoms with Crippen molar-refractivity contribution < 1.29 is 8.42 Å². The minimum absolute atomic E-state index is 0.119. The van der Waals surface area contributed by atoms with Gasteiger partial charge in [-0.3, -0.25) is 4.99 Å². The lowest BCUT2D eigenvalue weighted by molar-refractivity contribution is 0.455. The van der Waals surface area contributed by atoms with Gasteiger partial charge in [0.15, 0.2) is 5.96 Å². The van der Waals surface area contributed by atoms with E-state index in [0.717, 1.165) is 31.9 Å². The fourth-order valence-corrected chi connectivity index (χ4v) is 2.64. The van der Waals surface area contributed by atoms with Crippen LogP contribution in [-0.4, -0.2) is 58.3 Å². The molecular formula is C16H34N4O2S. The fraction of sp³-hybridized carbons (Fsp3) is 0.812. The summed E-state index contributed by atoms with van der Waals surface area (Å²) < 4.78 is 25.2. The summed E-state index contributed by atoms with van der Waals surface area (Å²) in [5, 5.41) is 3.27. The van der Waals surface area contributed by atoms with E-state index in [1.54, 1.807) is 6.92 Å². The highest BCUT2D eigenvalue weighted by molar-refractivity contribution is 7.89. The van der Waals surface area contributed by atoms with Crippen LogP contribution in [0.2, 0.25) is 0 Å². The van der Waals surface area contributed by atoms with Crippen LogP contribution in [0.5, 0.6) is 0 Å². The molecule has 0 fully saturated rings. The Morgan fingerprint density at radius 1 is 1.22 bits per heavy atom. The number of nitrogens with one attached hydrogen (secondary N) is 2. The van der Waals surface area contributed by atoms with Crippen LogP contribution in [0, 0.1) is 0 Å². The smallest absolute Gasteiger partial charge is 0.211 e. The zero-order valence-corrected chi connectivity index (χ0v) is 15.8. The molecule has 2 N–H and O–H groups in total. The maximum atomic E-state index is 11.3. The molecule has 0 aliphatic carbocycles. The number of hydrogen-bond acceptors (Lipinski definition) is 3. The molecule has 0 radical (unpaired) electrons. The molecule has 7 heteroatoms. The molecule has 0 saturated heterocycles. The summed E-state index contributed by atoms with van der Waals surface area (Å²) in [6, 6.07) is 0. The van der Waals surface area contributed by atoms with Crippen molar-refractivity contribution >= 4 is 16.0 Å². The molecule has 0 aromatic heterocycles. The molecule has 0 heterocycles. The first-order valence-corrected chi connectivity index (χ1v) is 10.2. The largest absolute Gasteiger partial charge is 0.357 e. The number of guanidine groups is 1. The quantitative estimate of drug-likeness (QED) is 0.231. The van der Waals surface area contributed by atoms with Crippen LogP contribution in [0.4, 0.5) is 0 Å². The van der Waals surface area contributed by atoms with Crippen LogP contribution in [0.3, 0.4) is 0 Å². The summed E-state index contributed by atoms with van der Waals surface area (Å²) in [6.07, 6.45) is 7.23. The first-order chi connectivity index (χ1) is 11.0. The maximum absolute atomic E-state index is 11.3. The Kier molecular flexibility index (Phi) is 12.7. The highest BCUT2D eigenvalue weighted by Crippen LogP contribution is 2.01. The van der Waals surface area contributed by atoms with E-state index < -0.39 is 10.0 Å². The van der Waals surface area contributed by atoms with Gasteiger partial charge in [0, 0.05) is 33.2 Å². The molecule has 0 saturated carbocycles. The van der Waals surface area contributed by atoms with E-state index in [0.29, 0.717) is 19.5 Å². The summed E-state index contributed by atoms with van der Waals surface area (Å²) in [7, 11) is -1.06. The van der Waals surface area contributed by atoms with Gasteiger partial charge in [0.1, 0.15) is 0 Å². The van der Waals surface area contributed by atoms with Gasteiger partial charge >= 0.3 is 0 Å². The summed E-state index contributed by atoms with van der Waals surface area (Å²) in [4.78, 5) is 6.69. The molecule has 136 valence electrons. The van der Waals surface area contributed by atoms with E-state index in [2.05, 4.69) is 26.5 Å². The Balaban J connectivity index is 4.12. The molecule has 0 rings (SSSR count). The lowest BCUT2D eigenvalue weighted by Gasteiger charge is -2.22. The topological polar surface area (TPSA) is 73.8 Å². The van der Waals surface area contributed by atoms with Crippen LogP contribution >= 0.6 is 0 Å². The number of hydrogen-bond donors (Lipinski definition) is 2. The van der Waals surface area contributed by atoms with E-state index in [9.17, 15) is 8.42 Å². The molecule has 23 heavy (non-hydrogen) atoms. The van der Waals surface area contributed by atoms with Gasteiger partial charge in [0.25, 0.3) is 0 Å². The van der Waals surface area contributed by atoms with Gasteiger partial charge in [0.05, 0.1) is 5.75 Å². The van der Waals surface area contributed by atoms with Crippen molar-refractivity contribution in [1.82, 2.24) is 14.9 Å². The van der Waals surface area contributed by atoms with Crippen LogP contribution in [0.1, 0.15) is 46.0 Å². The van der Waals surface area contributed by atoms with Gasteiger partial charge in [-0.1, -0.05) is 12.5 Å². The minimum Gasteiger partial charge on any atom is -0.357 e. The average Bonchev–Trinajstić information content (AvgIpc) is 2.53. The van der Waals surface area contributed by atoms with Gasteiger partial charge in [-0.15, -0.1) is 6.58 Å². The lowest BCUT2D eigenvalue weighted by Crippen LogP contribution is -2.39. The van der Waals surface area contributed by atoms with E-state index >= 15 is 0 Å². The third kappa shape index (κ3) is 12.1. The van der Waals surface area contributed by atoms with Crippen molar-refractivity contribution in [1.29, 1.82) is 0 Å². The normalized spacial score (nSPS) is 12.2. The minimum atomic E-state index is -3.10. The third-order valence-corrected chi connectivity index (χ3v) is 4.80. The summed E-state index contributed by atoms with van der Waals surface area (Å²) in [5.41, 5.74) is 0. The second-order valence-corrected chi connectivity index (χ2v) is 7.54. The Labute approximate surface area is 142 Å². The van der Waals surface area contributed by atoms with Gasteiger partial charge < -0.3 is 10.2 Å². The Hall–Kier alpha value is -1.08. The third-order valence-electron chi connectivity index (χ3n) is 3.40. The SMILES string of the molecule is C=CCCCCCN(C)C(=NCCCNS(=O)(=O)CC)NCC. The predicted molar refractivity (Wildman–Crippen MR) is 99.4 cm³/mol. The van der Waals surface area contributed by atoms with Crippen molar-refractivity contribution in [2.24, 2.45) is 4.99 Å². The van der Waals surface area contributed by atoms with Gasteiger partial charge in [-0.25, -0.2) is 13.1 Å². The highest BCUT2D eigenvalue weighted by Gasteiger charge is 2.06. The second-order valence-electron chi connectivity index (χ2n) is 5.45. The Morgan fingerprint density at radius 2 is 1.96 bits per heavy atom. The average molecular weight is 347 g/mol. The first kappa shape index (κ1) is 21.9. The number of unbranched alkanes of at least 4 members (excludes halogenated alkanes) is 3. The lowest BCUT2D eigenvalue weighted by atomic mass is 10.2. The van der Waals surface area contributed by atoms with Gasteiger partial charge in [0.2, 0.25) is 10.0 Å². The summed E-state index contributed by atoms with van der Waals surface area (Å²) >= 11 is 0. The molecule has 0 amide bonds. The van der Waals surface area contributed by atoms with Crippen molar-refractivity contribution in [3.8, 4) is 0 Å².